The summed E-state index contributed by atoms with van der Waals surface area (Å²) < 4.78 is 0. The molecule has 1 unspecified atom stereocenters. The van der Waals surface area contributed by atoms with E-state index in [1.54, 1.807) is 7.05 Å². The Hall–Kier alpha value is -1.60. The Balaban J connectivity index is 2.33. The van der Waals surface area contributed by atoms with Gasteiger partial charge in [-0.25, -0.2) is 0 Å². The van der Waals surface area contributed by atoms with Gasteiger partial charge in [0.25, 0.3) is 5.91 Å². The minimum atomic E-state index is -0.264. The molecule has 0 aliphatic carbocycles. The largest absolute Gasteiger partial charge is 0.397 e. The lowest BCUT2D eigenvalue weighted by molar-refractivity contribution is 0.0965. The molecule has 1 atom stereocenters. The third-order valence-electron chi connectivity index (χ3n) is 3.45. The molecule has 1 aromatic heterocycles. The van der Waals surface area contributed by atoms with Crippen LogP contribution in [-0.4, -0.2) is 49.8 Å². The number of nitrogens with two attached hydrogens (primary N) is 1. The van der Waals surface area contributed by atoms with E-state index >= 15 is 0 Å². The molecule has 6 nitrogen and oxygen atoms in total. The Morgan fingerprint density at radius 3 is 2.65 bits per heavy atom. The van der Waals surface area contributed by atoms with Crippen LogP contribution in [0.4, 0.5) is 10.7 Å². The Morgan fingerprint density at radius 1 is 1.45 bits per heavy atom. The van der Waals surface area contributed by atoms with Crippen molar-refractivity contribution in [1.29, 1.82) is 0 Å². The number of carbonyl (C=O) groups is 2. The van der Waals surface area contributed by atoms with E-state index in [4.69, 9.17) is 5.73 Å². The second-order valence-corrected chi connectivity index (χ2v) is 6.10. The number of Topliss-reactive ketones (excluding diaryl/α,β-unsaturated/α-hetero) is 1. The summed E-state index contributed by atoms with van der Waals surface area (Å²) in [6.07, 6.45) is 1.01. The van der Waals surface area contributed by atoms with Crippen molar-refractivity contribution in [2.24, 2.45) is 0 Å². The topological polar surface area (TPSA) is 87.5 Å². The number of ketones is 1. The molecule has 0 radical (unpaired) electrons. The van der Waals surface area contributed by atoms with E-state index in [1.807, 2.05) is 0 Å². The third kappa shape index (κ3) is 2.78. The number of anilines is 2. The van der Waals surface area contributed by atoms with Gasteiger partial charge in [-0.05, 0) is 20.0 Å². The normalized spacial score (nSPS) is 19.1. The van der Waals surface area contributed by atoms with Crippen LogP contribution in [0, 0.1) is 0 Å². The molecule has 7 heteroatoms. The zero-order valence-corrected chi connectivity index (χ0v) is 12.8. The number of likely N-dealkylation sites (tertiary alicyclic amines) is 1. The standard InChI is InChI=1S/C13H20N4O2S/c1-7(18)11-10(14)9(12(19)15-2)13(20-11)16-8-4-5-17(3)6-8/h8,16H,4-6,14H2,1-3H3,(H,15,19). The quantitative estimate of drug-likeness (QED) is 0.722. The number of rotatable bonds is 4. The third-order valence-corrected chi connectivity index (χ3v) is 4.68. The van der Waals surface area contributed by atoms with E-state index in [2.05, 4.69) is 22.6 Å². The van der Waals surface area contributed by atoms with E-state index in [-0.39, 0.29) is 23.4 Å². The van der Waals surface area contributed by atoms with Gasteiger partial charge >= 0.3 is 0 Å². The van der Waals surface area contributed by atoms with Crippen LogP contribution >= 0.6 is 11.3 Å². The summed E-state index contributed by atoms with van der Waals surface area (Å²) in [6.45, 7) is 3.40. The van der Waals surface area contributed by atoms with Gasteiger partial charge < -0.3 is 21.3 Å². The number of nitrogens with one attached hydrogen (secondary N) is 2. The molecule has 0 saturated carbocycles. The molecule has 1 amide bonds. The molecular formula is C13H20N4O2S. The van der Waals surface area contributed by atoms with Gasteiger partial charge in [0.1, 0.15) is 5.00 Å². The molecular weight excluding hydrogens is 276 g/mol. The van der Waals surface area contributed by atoms with Gasteiger partial charge in [-0.1, -0.05) is 0 Å². The molecule has 4 N–H and O–H groups in total. The van der Waals surface area contributed by atoms with Crippen LogP contribution in [0.2, 0.25) is 0 Å². The Labute approximate surface area is 122 Å². The second kappa shape index (κ2) is 5.80. The van der Waals surface area contributed by atoms with Crippen molar-refractivity contribution in [3.63, 3.8) is 0 Å². The molecule has 1 saturated heterocycles. The molecule has 1 aromatic rings. The van der Waals surface area contributed by atoms with Crippen molar-refractivity contribution in [2.75, 3.05) is 38.2 Å². The highest BCUT2D eigenvalue weighted by molar-refractivity contribution is 7.19. The fraction of sp³-hybridized carbons (Fsp3) is 0.538. The maximum atomic E-state index is 12.0. The molecule has 1 fully saturated rings. The minimum absolute atomic E-state index is 0.116. The maximum absolute atomic E-state index is 12.0. The lowest BCUT2D eigenvalue weighted by Gasteiger charge is -2.14. The van der Waals surface area contributed by atoms with Crippen molar-refractivity contribution in [3.05, 3.63) is 10.4 Å². The number of nitrogen functional groups attached to an aromatic ring is 1. The fourth-order valence-corrected chi connectivity index (χ4v) is 3.49. The van der Waals surface area contributed by atoms with Gasteiger partial charge in [-0.15, -0.1) is 11.3 Å². The summed E-state index contributed by atoms with van der Waals surface area (Å²) in [5.74, 6) is -0.380. The highest BCUT2D eigenvalue weighted by Gasteiger charge is 2.26. The Bertz CT molecular complexity index is 541. The fourth-order valence-electron chi connectivity index (χ4n) is 2.40. The number of nitrogens with zero attached hydrogens (tertiary/aromatic N) is 1. The molecule has 2 rings (SSSR count). The summed E-state index contributed by atoms with van der Waals surface area (Å²) in [7, 11) is 3.62. The van der Waals surface area contributed by atoms with Gasteiger partial charge in [0.2, 0.25) is 0 Å². The average molecular weight is 296 g/mol. The van der Waals surface area contributed by atoms with Crippen LogP contribution in [0.25, 0.3) is 0 Å². The van der Waals surface area contributed by atoms with Crippen molar-refractivity contribution in [3.8, 4) is 0 Å². The van der Waals surface area contributed by atoms with Crippen LogP contribution in [0.3, 0.4) is 0 Å². The summed E-state index contributed by atoms with van der Waals surface area (Å²) in [4.78, 5) is 26.2. The van der Waals surface area contributed by atoms with Crippen LogP contribution in [0.15, 0.2) is 0 Å². The van der Waals surface area contributed by atoms with Crippen LogP contribution in [0.5, 0.6) is 0 Å². The minimum Gasteiger partial charge on any atom is -0.397 e. The number of likely N-dealkylation sites (N-methyl/N-ethyl adjacent to an activating group) is 1. The van der Waals surface area contributed by atoms with E-state index in [0.717, 1.165) is 19.5 Å². The number of hydrogen-bond donors (Lipinski definition) is 3. The van der Waals surface area contributed by atoms with Gasteiger partial charge in [0, 0.05) is 26.6 Å². The predicted octanol–water partition coefficient (Wildman–Crippen LogP) is 1.01. The Kier molecular flexibility index (Phi) is 4.29. The van der Waals surface area contributed by atoms with Crippen molar-refractivity contribution in [2.45, 2.75) is 19.4 Å². The maximum Gasteiger partial charge on any atom is 0.256 e. The average Bonchev–Trinajstić information content (AvgIpc) is 2.93. The summed E-state index contributed by atoms with van der Waals surface area (Å²) in [5.41, 5.74) is 6.62. The molecule has 1 aliphatic rings. The smallest absolute Gasteiger partial charge is 0.256 e. The van der Waals surface area contributed by atoms with Gasteiger partial charge in [0.05, 0.1) is 16.1 Å². The first-order valence-electron chi connectivity index (χ1n) is 6.54. The molecule has 0 spiro atoms. The van der Waals surface area contributed by atoms with E-state index < -0.39 is 0 Å². The first kappa shape index (κ1) is 14.8. The highest BCUT2D eigenvalue weighted by atomic mass is 32.1. The monoisotopic (exact) mass is 296 g/mol. The van der Waals surface area contributed by atoms with E-state index in [0.29, 0.717) is 15.4 Å². The molecule has 0 aromatic carbocycles. The number of amides is 1. The molecule has 0 bridgehead atoms. The lowest BCUT2D eigenvalue weighted by Crippen LogP contribution is -2.25. The van der Waals surface area contributed by atoms with Crippen molar-refractivity contribution in [1.82, 2.24) is 10.2 Å². The molecule has 110 valence electrons. The van der Waals surface area contributed by atoms with Crippen molar-refractivity contribution >= 4 is 33.7 Å². The second-order valence-electron chi connectivity index (χ2n) is 5.08. The summed E-state index contributed by atoms with van der Waals surface area (Å²) in [6, 6.07) is 0.279. The van der Waals surface area contributed by atoms with Crippen molar-refractivity contribution < 1.29 is 9.59 Å². The number of thiophene rings is 1. The molecule has 2 heterocycles. The van der Waals surface area contributed by atoms with Crippen LogP contribution < -0.4 is 16.4 Å². The van der Waals surface area contributed by atoms with E-state index in [1.165, 1.54) is 18.3 Å². The first-order chi connectivity index (χ1) is 9.43. The SMILES string of the molecule is CNC(=O)c1c(NC2CCN(C)C2)sc(C(C)=O)c1N. The highest BCUT2D eigenvalue weighted by Crippen LogP contribution is 2.37. The lowest BCUT2D eigenvalue weighted by atomic mass is 10.2. The van der Waals surface area contributed by atoms with Gasteiger partial charge in [0.15, 0.2) is 5.78 Å². The molecule has 20 heavy (non-hydrogen) atoms. The molecule has 1 aliphatic heterocycles. The van der Waals surface area contributed by atoms with E-state index in [9.17, 15) is 9.59 Å². The first-order valence-corrected chi connectivity index (χ1v) is 7.36. The summed E-state index contributed by atoms with van der Waals surface area (Å²) in [5, 5.41) is 6.62. The van der Waals surface area contributed by atoms with Gasteiger partial charge in [-0.3, -0.25) is 9.59 Å². The predicted molar refractivity (Wildman–Crippen MR) is 81.7 cm³/mol. The van der Waals surface area contributed by atoms with Crippen LogP contribution in [-0.2, 0) is 0 Å². The number of carbonyl (C=O) groups excluding carboxylic acids is 2. The summed E-state index contributed by atoms with van der Waals surface area (Å²) >= 11 is 1.26. The van der Waals surface area contributed by atoms with Crippen LogP contribution in [0.1, 0.15) is 33.4 Å². The Morgan fingerprint density at radius 2 is 2.15 bits per heavy atom. The van der Waals surface area contributed by atoms with Gasteiger partial charge in [-0.2, -0.15) is 0 Å². The zero-order chi connectivity index (χ0) is 14.9. The number of hydrogen-bond acceptors (Lipinski definition) is 6. The zero-order valence-electron chi connectivity index (χ0n) is 11.9.